The summed E-state index contributed by atoms with van der Waals surface area (Å²) >= 11 is 0. The third-order valence-electron chi connectivity index (χ3n) is 2.47. The summed E-state index contributed by atoms with van der Waals surface area (Å²) in [4.78, 5) is 0. The van der Waals surface area contributed by atoms with Crippen LogP contribution in [-0.2, 0) is 0 Å². The van der Waals surface area contributed by atoms with E-state index in [0.717, 1.165) is 24.8 Å². The predicted octanol–water partition coefficient (Wildman–Crippen LogP) is 3.45. The Kier molecular flexibility index (Phi) is 7.10. The fraction of sp³-hybridized carbons (Fsp3) is 0.500. The van der Waals surface area contributed by atoms with Crippen molar-refractivity contribution in [3.05, 3.63) is 29.6 Å². The van der Waals surface area contributed by atoms with Crippen LogP contribution in [0.25, 0.3) is 0 Å². The maximum absolute atomic E-state index is 13.4. The zero-order chi connectivity index (χ0) is 11.3. The zero-order valence-corrected chi connectivity index (χ0v) is 10.5. The topological polar surface area (TPSA) is 35.2 Å². The van der Waals surface area contributed by atoms with E-state index in [1.54, 1.807) is 6.07 Å². The quantitative estimate of drug-likeness (QED) is 0.865. The molecule has 0 heterocycles. The van der Waals surface area contributed by atoms with Gasteiger partial charge in [0.25, 0.3) is 0 Å². The molecule has 16 heavy (non-hydrogen) atoms. The van der Waals surface area contributed by atoms with E-state index < -0.39 is 0 Å². The van der Waals surface area contributed by atoms with E-state index in [9.17, 15) is 4.39 Å². The molecule has 1 aromatic rings. The van der Waals surface area contributed by atoms with E-state index in [1.807, 2.05) is 6.07 Å². The first-order valence-corrected chi connectivity index (χ1v) is 5.28. The number of rotatable bonds is 5. The van der Waals surface area contributed by atoms with Gasteiger partial charge in [-0.2, -0.15) is 0 Å². The molecule has 0 unspecified atom stereocenters. The smallest absolute Gasteiger partial charge is 0.165 e. The second-order valence-corrected chi connectivity index (χ2v) is 3.64. The third-order valence-corrected chi connectivity index (χ3v) is 2.47. The number of halogens is 2. The average molecular weight is 248 g/mol. The van der Waals surface area contributed by atoms with Crippen molar-refractivity contribution in [2.75, 3.05) is 7.11 Å². The molecule has 4 heteroatoms. The normalized spacial score (nSPS) is 11.8. The molecule has 2 nitrogen and oxygen atoms in total. The lowest BCUT2D eigenvalue weighted by Crippen LogP contribution is -2.10. The third kappa shape index (κ3) is 3.99. The van der Waals surface area contributed by atoms with Crippen LogP contribution in [0.3, 0.4) is 0 Å². The van der Waals surface area contributed by atoms with Crippen LogP contribution in [0.2, 0.25) is 0 Å². The van der Waals surface area contributed by atoms with Crippen molar-refractivity contribution >= 4 is 12.4 Å². The summed E-state index contributed by atoms with van der Waals surface area (Å²) < 4.78 is 18.2. The van der Waals surface area contributed by atoms with Crippen molar-refractivity contribution in [2.24, 2.45) is 5.73 Å². The van der Waals surface area contributed by atoms with Gasteiger partial charge in [0, 0.05) is 6.04 Å². The highest BCUT2D eigenvalue weighted by Crippen LogP contribution is 2.23. The van der Waals surface area contributed by atoms with Gasteiger partial charge in [0.05, 0.1) is 7.11 Å². The second-order valence-electron chi connectivity index (χ2n) is 3.64. The highest BCUT2D eigenvalue weighted by Gasteiger charge is 2.09. The van der Waals surface area contributed by atoms with Crippen molar-refractivity contribution in [1.29, 1.82) is 0 Å². The minimum atomic E-state index is -0.345. The summed E-state index contributed by atoms with van der Waals surface area (Å²) in [6.07, 6.45) is 3.06. The highest BCUT2D eigenvalue weighted by molar-refractivity contribution is 5.85. The molecule has 1 aromatic carbocycles. The van der Waals surface area contributed by atoms with Crippen LogP contribution >= 0.6 is 12.4 Å². The van der Waals surface area contributed by atoms with Crippen LogP contribution in [0.15, 0.2) is 18.2 Å². The molecule has 0 saturated heterocycles. The van der Waals surface area contributed by atoms with Gasteiger partial charge in [0.15, 0.2) is 11.6 Å². The van der Waals surface area contributed by atoms with Gasteiger partial charge in [0.2, 0.25) is 0 Å². The molecule has 0 aliphatic carbocycles. The SMILES string of the molecule is CCCC[C@H](N)c1ccc(OC)c(F)c1.Cl. The zero-order valence-electron chi connectivity index (χ0n) is 9.70. The number of nitrogens with two attached hydrogens (primary N) is 1. The molecule has 0 amide bonds. The second kappa shape index (κ2) is 7.47. The number of hydrogen-bond acceptors (Lipinski definition) is 2. The first-order chi connectivity index (χ1) is 7.19. The molecule has 1 rings (SSSR count). The number of hydrogen-bond donors (Lipinski definition) is 1. The summed E-state index contributed by atoms with van der Waals surface area (Å²) in [7, 11) is 1.45. The monoisotopic (exact) mass is 247 g/mol. The van der Waals surface area contributed by atoms with E-state index >= 15 is 0 Å². The fourth-order valence-electron chi connectivity index (χ4n) is 1.50. The summed E-state index contributed by atoms with van der Waals surface area (Å²) in [6.45, 7) is 2.11. The first kappa shape index (κ1) is 15.2. The van der Waals surface area contributed by atoms with Crippen molar-refractivity contribution in [2.45, 2.75) is 32.2 Å². The maximum Gasteiger partial charge on any atom is 0.165 e. The molecule has 2 N–H and O–H groups in total. The lowest BCUT2D eigenvalue weighted by Gasteiger charge is -2.12. The Morgan fingerprint density at radius 2 is 2.12 bits per heavy atom. The number of benzene rings is 1. The molecule has 0 aliphatic rings. The Morgan fingerprint density at radius 1 is 1.44 bits per heavy atom. The minimum absolute atomic E-state index is 0. The Morgan fingerprint density at radius 3 is 2.62 bits per heavy atom. The van der Waals surface area contributed by atoms with Gasteiger partial charge >= 0.3 is 0 Å². The number of ether oxygens (including phenoxy) is 1. The van der Waals surface area contributed by atoms with Gasteiger partial charge in [0.1, 0.15) is 0 Å². The van der Waals surface area contributed by atoms with E-state index in [2.05, 4.69) is 6.92 Å². The highest BCUT2D eigenvalue weighted by atomic mass is 35.5. The van der Waals surface area contributed by atoms with Crippen LogP contribution in [0.5, 0.6) is 5.75 Å². The standard InChI is InChI=1S/C12H18FNO.ClH/c1-3-4-5-11(14)9-6-7-12(15-2)10(13)8-9;/h6-8,11H,3-5,14H2,1-2H3;1H/t11-;/m0./s1. The summed E-state index contributed by atoms with van der Waals surface area (Å²) in [6, 6.07) is 4.82. The largest absolute Gasteiger partial charge is 0.494 e. The molecule has 0 spiro atoms. The fourth-order valence-corrected chi connectivity index (χ4v) is 1.50. The van der Waals surface area contributed by atoms with Crippen LogP contribution in [0, 0.1) is 5.82 Å². The van der Waals surface area contributed by atoms with Gasteiger partial charge in [-0.15, -0.1) is 12.4 Å². The predicted molar refractivity (Wildman–Crippen MR) is 66.7 cm³/mol. The molecule has 0 aromatic heterocycles. The van der Waals surface area contributed by atoms with Crippen LogP contribution in [0.1, 0.15) is 37.8 Å². The Labute approximate surface area is 102 Å². The van der Waals surface area contributed by atoms with E-state index in [4.69, 9.17) is 10.5 Å². The van der Waals surface area contributed by atoms with Crippen LogP contribution in [-0.4, -0.2) is 7.11 Å². The molecular weight excluding hydrogens is 229 g/mol. The Bertz CT molecular complexity index is 320. The van der Waals surface area contributed by atoms with E-state index in [1.165, 1.54) is 13.2 Å². The van der Waals surface area contributed by atoms with Gasteiger partial charge in [-0.3, -0.25) is 0 Å². The first-order valence-electron chi connectivity index (χ1n) is 5.28. The van der Waals surface area contributed by atoms with Gasteiger partial charge < -0.3 is 10.5 Å². The average Bonchev–Trinajstić information content (AvgIpc) is 2.25. The van der Waals surface area contributed by atoms with Crippen molar-refractivity contribution in [3.8, 4) is 5.75 Å². The van der Waals surface area contributed by atoms with Crippen molar-refractivity contribution in [1.82, 2.24) is 0 Å². The molecule has 0 saturated carbocycles. The maximum atomic E-state index is 13.4. The Hall–Kier alpha value is -0.800. The van der Waals surface area contributed by atoms with Crippen molar-refractivity contribution < 1.29 is 9.13 Å². The number of unbranched alkanes of at least 4 members (excludes halogenated alkanes) is 1. The van der Waals surface area contributed by atoms with Gasteiger partial charge in [-0.05, 0) is 24.1 Å². The molecule has 0 fully saturated rings. The van der Waals surface area contributed by atoms with Crippen LogP contribution in [0.4, 0.5) is 4.39 Å². The minimum Gasteiger partial charge on any atom is -0.494 e. The molecule has 1 atom stereocenters. The van der Waals surface area contributed by atoms with E-state index in [0.29, 0.717) is 0 Å². The van der Waals surface area contributed by atoms with Gasteiger partial charge in [-0.25, -0.2) is 4.39 Å². The summed E-state index contributed by atoms with van der Waals surface area (Å²) in [5, 5.41) is 0. The molecule has 0 bridgehead atoms. The molecule has 0 radical (unpaired) electrons. The number of methoxy groups -OCH3 is 1. The lowest BCUT2D eigenvalue weighted by molar-refractivity contribution is 0.385. The van der Waals surface area contributed by atoms with Gasteiger partial charge in [-0.1, -0.05) is 25.8 Å². The van der Waals surface area contributed by atoms with Crippen LogP contribution < -0.4 is 10.5 Å². The lowest BCUT2D eigenvalue weighted by atomic mass is 10.0. The van der Waals surface area contributed by atoms with Crippen molar-refractivity contribution in [3.63, 3.8) is 0 Å². The molecular formula is C12H19ClFNO. The summed E-state index contributed by atoms with van der Waals surface area (Å²) in [5.41, 5.74) is 6.77. The Balaban J connectivity index is 0.00000225. The summed E-state index contributed by atoms with van der Waals surface area (Å²) in [5.74, 6) is -0.0802. The molecule has 0 aliphatic heterocycles. The molecule has 92 valence electrons. The van der Waals surface area contributed by atoms with E-state index in [-0.39, 0.29) is 30.0 Å².